The molecular weight excluding hydrogens is 256 g/mol. The zero-order valence-electron chi connectivity index (χ0n) is 12.5. The Morgan fingerprint density at radius 3 is 1.55 bits per heavy atom. The summed E-state index contributed by atoms with van der Waals surface area (Å²) in [5, 5.41) is 4.47. The van der Waals surface area contributed by atoms with E-state index in [0.29, 0.717) is 0 Å². The molecule has 0 aliphatic heterocycles. The third kappa shape index (κ3) is 3.81. The van der Waals surface area contributed by atoms with Gasteiger partial charge in [-0.15, -0.1) is 0 Å². The van der Waals surface area contributed by atoms with Crippen LogP contribution in [0.1, 0.15) is 20.8 Å². The van der Waals surface area contributed by atoms with Gasteiger partial charge in [-0.1, -0.05) is 94.0 Å². The number of allylic oxidation sites excluding steroid dienone is 4. The first-order valence-corrected chi connectivity index (χ1v) is 8.83. The fourth-order valence-electron chi connectivity index (χ4n) is 2.40. The SMILES string of the molecule is CC(C)=CC=C(C)[SiH](c1ccccc1)c1ccccc1. The van der Waals surface area contributed by atoms with E-state index >= 15 is 0 Å². The summed E-state index contributed by atoms with van der Waals surface area (Å²) in [6, 6.07) is 21.8. The van der Waals surface area contributed by atoms with Crippen LogP contribution in [0.2, 0.25) is 0 Å². The van der Waals surface area contributed by atoms with Gasteiger partial charge in [0.15, 0.2) is 0 Å². The lowest BCUT2D eigenvalue weighted by atomic mass is 10.3. The Labute approximate surface area is 124 Å². The predicted octanol–water partition coefficient (Wildman–Crippen LogP) is 3.48. The van der Waals surface area contributed by atoms with Crippen LogP contribution in [0, 0.1) is 0 Å². The van der Waals surface area contributed by atoms with Crippen molar-refractivity contribution in [2.75, 3.05) is 0 Å². The predicted molar refractivity (Wildman–Crippen MR) is 92.5 cm³/mol. The second-order valence-corrected chi connectivity index (χ2v) is 8.52. The number of hydrogen-bond acceptors (Lipinski definition) is 0. The van der Waals surface area contributed by atoms with Gasteiger partial charge in [-0.25, -0.2) is 0 Å². The Morgan fingerprint density at radius 2 is 1.15 bits per heavy atom. The Hall–Kier alpha value is -1.86. The van der Waals surface area contributed by atoms with Gasteiger partial charge in [0.05, 0.1) is 0 Å². The molecular formula is C19H22Si. The maximum atomic E-state index is 2.30. The molecule has 102 valence electrons. The van der Waals surface area contributed by atoms with Gasteiger partial charge in [0, 0.05) is 0 Å². The van der Waals surface area contributed by atoms with Crippen LogP contribution in [0.3, 0.4) is 0 Å². The molecule has 0 aliphatic rings. The second kappa shape index (κ2) is 7.06. The third-order valence-electron chi connectivity index (χ3n) is 3.40. The molecule has 2 rings (SSSR count). The van der Waals surface area contributed by atoms with E-state index in [1.54, 1.807) is 0 Å². The molecule has 0 atom stereocenters. The summed E-state index contributed by atoms with van der Waals surface area (Å²) in [7, 11) is -1.29. The van der Waals surface area contributed by atoms with Crippen LogP contribution in [-0.2, 0) is 0 Å². The van der Waals surface area contributed by atoms with E-state index in [-0.39, 0.29) is 0 Å². The van der Waals surface area contributed by atoms with Gasteiger partial charge in [-0.05, 0) is 20.8 Å². The molecule has 20 heavy (non-hydrogen) atoms. The molecule has 0 nitrogen and oxygen atoms in total. The van der Waals surface area contributed by atoms with Gasteiger partial charge in [-0.2, -0.15) is 0 Å². The van der Waals surface area contributed by atoms with E-state index in [0.717, 1.165) is 0 Å². The molecule has 0 aliphatic carbocycles. The fourth-order valence-corrected chi connectivity index (χ4v) is 5.34. The minimum atomic E-state index is -1.29. The average molecular weight is 278 g/mol. The van der Waals surface area contributed by atoms with Crippen molar-refractivity contribution in [3.05, 3.63) is 83.6 Å². The summed E-state index contributed by atoms with van der Waals surface area (Å²) in [5.41, 5.74) is 1.35. The van der Waals surface area contributed by atoms with Crippen LogP contribution in [0.15, 0.2) is 83.6 Å². The highest BCUT2D eigenvalue weighted by Gasteiger charge is 2.17. The number of benzene rings is 2. The van der Waals surface area contributed by atoms with Crippen LogP contribution in [-0.4, -0.2) is 8.80 Å². The molecule has 0 spiro atoms. The Kier molecular flexibility index (Phi) is 5.14. The maximum Gasteiger partial charge on any atom is 0.128 e. The van der Waals surface area contributed by atoms with Gasteiger partial charge in [0.2, 0.25) is 0 Å². The molecule has 0 heterocycles. The van der Waals surface area contributed by atoms with E-state index in [9.17, 15) is 0 Å². The first-order valence-electron chi connectivity index (χ1n) is 7.10. The third-order valence-corrected chi connectivity index (χ3v) is 6.61. The Balaban J connectivity index is 2.46. The van der Waals surface area contributed by atoms with E-state index in [2.05, 4.69) is 93.6 Å². The molecule has 0 N–H and O–H groups in total. The monoisotopic (exact) mass is 278 g/mol. The highest BCUT2D eigenvalue weighted by molar-refractivity contribution is 6.90. The largest absolute Gasteiger partial charge is 0.128 e. The van der Waals surface area contributed by atoms with Gasteiger partial charge in [0.1, 0.15) is 8.80 Å². The molecule has 0 bridgehead atoms. The first kappa shape index (κ1) is 14.5. The van der Waals surface area contributed by atoms with Gasteiger partial charge in [0.25, 0.3) is 0 Å². The molecule has 0 saturated heterocycles. The van der Waals surface area contributed by atoms with Crippen molar-refractivity contribution < 1.29 is 0 Å². The molecule has 0 amide bonds. The molecule has 0 fully saturated rings. The standard InChI is InChI=1S/C19H22Si/c1-16(2)14-15-17(3)20(18-10-6-4-7-11-18)19-12-8-5-9-13-19/h4-15,20H,1-3H3. The Bertz CT molecular complexity index is 551. The van der Waals surface area contributed by atoms with Crippen molar-refractivity contribution in [1.29, 1.82) is 0 Å². The van der Waals surface area contributed by atoms with Crippen molar-refractivity contribution in [3.63, 3.8) is 0 Å². The van der Waals surface area contributed by atoms with Gasteiger partial charge in [-0.3, -0.25) is 0 Å². The zero-order chi connectivity index (χ0) is 14.4. The first-order chi connectivity index (χ1) is 9.68. The maximum absolute atomic E-state index is 2.30. The highest BCUT2D eigenvalue weighted by Crippen LogP contribution is 2.05. The molecule has 0 saturated carbocycles. The van der Waals surface area contributed by atoms with Crippen molar-refractivity contribution >= 4 is 19.2 Å². The molecule has 0 unspecified atom stereocenters. The molecule has 2 aromatic carbocycles. The quantitative estimate of drug-likeness (QED) is 0.593. The number of hydrogen-bond donors (Lipinski definition) is 0. The van der Waals surface area contributed by atoms with E-state index in [1.807, 2.05) is 0 Å². The lowest BCUT2D eigenvalue weighted by Crippen LogP contribution is -2.43. The molecule has 1 heteroatoms. The summed E-state index contributed by atoms with van der Waals surface area (Å²) in [6.07, 6.45) is 4.52. The smallest absolute Gasteiger partial charge is 0.0775 e. The lowest BCUT2D eigenvalue weighted by molar-refractivity contribution is 1.39. The van der Waals surface area contributed by atoms with Crippen LogP contribution in [0.5, 0.6) is 0 Å². The summed E-state index contributed by atoms with van der Waals surface area (Å²) in [5.74, 6) is 0. The molecule has 0 aromatic heterocycles. The van der Waals surface area contributed by atoms with Gasteiger partial charge >= 0.3 is 0 Å². The van der Waals surface area contributed by atoms with Crippen molar-refractivity contribution in [3.8, 4) is 0 Å². The average Bonchev–Trinajstić information content (AvgIpc) is 2.48. The normalized spacial score (nSPS) is 11.5. The number of rotatable bonds is 4. The summed E-state index contributed by atoms with van der Waals surface area (Å²) in [4.78, 5) is 0. The van der Waals surface area contributed by atoms with Gasteiger partial charge < -0.3 is 0 Å². The summed E-state index contributed by atoms with van der Waals surface area (Å²) in [6.45, 7) is 6.56. The zero-order valence-corrected chi connectivity index (χ0v) is 13.7. The van der Waals surface area contributed by atoms with Crippen molar-refractivity contribution in [2.45, 2.75) is 20.8 Å². The van der Waals surface area contributed by atoms with Crippen LogP contribution in [0.4, 0.5) is 0 Å². The highest BCUT2D eigenvalue weighted by atomic mass is 28.3. The van der Waals surface area contributed by atoms with Crippen molar-refractivity contribution in [2.24, 2.45) is 0 Å². The van der Waals surface area contributed by atoms with E-state index in [1.165, 1.54) is 21.1 Å². The second-order valence-electron chi connectivity index (χ2n) is 5.41. The topological polar surface area (TPSA) is 0 Å². The minimum Gasteiger partial charge on any atom is -0.0775 e. The van der Waals surface area contributed by atoms with Crippen molar-refractivity contribution in [1.82, 2.24) is 0 Å². The Morgan fingerprint density at radius 1 is 0.700 bits per heavy atom. The van der Waals surface area contributed by atoms with Crippen LogP contribution in [0.25, 0.3) is 0 Å². The van der Waals surface area contributed by atoms with E-state index in [4.69, 9.17) is 0 Å². The lowest BCUT2D eigenvalue weighted by Gasteiger charge is -2.17. The molecule has 0 radical (unpaired) electrons. The fraction of sp³-hybridized carbons (Fsp3) is 0.158. The minimum absolute atomic E-state index is 1.29. The van der Waals surface area contributed by atoms with Crippen LogP contribution >= 0.6 is 0 Å². The summed E-state index contributed by atoms with van der Waals surface area (Å²) < 4.78 is 0. The van der Waals surface area contributed by atoms with Crippen LogP contribution < -0.4 is 10.4 Å². The molecule has 2 aromatic rings. The van der Waals surface area contributed by atoms with E-state index < -0.39 is 8.80 Å². The summed E-state index contributed by atoms with van der Waals surface area (Å²) >= 11 is 0.